The van der Waals surface area contributed by atoms with Crippen LogP contribution in [0.1, 0.15) is 45.9 Å². The van der Waals surface area contributed by atoms with Gasteiger partial charge in [0.2, 0.25) is 0 Å². The molecule has 0 fully saturated rings. The molecule has 0 aliphatic heterocycles. The van der Waals surface area contributed by atoms with Crippen LogP contribution in [0, 0.1) is 0 Å². The van der Waals surface area contributed by atoms with Gasteiger partial charge in [0.15, 0.2) is 0 Å². The third-order valence-corrected chi connectivity index (χ3v) is 2.99. The van der Waals surface area contributed by atoms with Crippen molar-refractivity contribution in [2.45, 2.75) is 52.4 Å². The molecule has 1 heterocycles. The summed E-state index contributed by atoms with van der Waals surface area (Å²) in [6, 6.07) is 0. The SMILES string of the molecule is CCCn1ncc(Cl)c1C(O)C(C)(C)OCC. The Hall–Kier alpha value is -0.580. The molecule has 1 atom stereocenters. The van der Waals surface area contributed by atoms with E-state index in [1.54, 1.807) is 10.9 Å². The van der Waals surface area contributed by atoms with Crippen molar-refractivity contribution in [3.05, 3.63) is 16.9 Å². The fraction of sp³-hybridized carbons (Fsp3) is 0.750. The summed E-state index contributed by atoms with van der Waals surface area (Å²) < 4.78 is 7.30. The number of nitrogens with zero attached hydrogens (tertiary/aromatic N) is 2. The Morgan fingerprint density at radius 2 is 2.18 bits per heavy atom. The number of hydrogen-bond donors (Lipinski definition) is 1. The summed E-state index contributed by atoms with van der Waals surface area (Å²) in [7, 11) is 0. The largest absolute Gasteiger partial charge is 0.384 e. The fourth-order valence-electron chi connectivity index (χ4n) is 1.81. The van der Waals surface area contributed by atoms with Crippen molar-refractivity contribution < 1.29 is 9.84 Å². The van der Waals surface area contributed by atoms with Crippen LogP contribution in [0.2, 0.25) is 5.02 Å². The maximum Gasteiger partial charge on any atom is 0.125 e. The molecule has 0 bridgehead atoms. The molecule has 5 heteroatoms. The number of hydrogen-bond acceptors (Lipinski definition) is 3. The molecule has 0 aliphatic carbocycles. The first kappa shape index (κ1) is 14.5. The van der Waals surface area contributed by atoms with Gasteiger partial charge in [0.1, 0.15) is 6.10 Å². The summed E-state index contributed by atoms with van der Waals surface area (Å²) in [4.78, 5) is 0. The highest BCUT2D eigenvalue weighted by Gasteiger charge is 2.33. The topological polar surface area (TPSA) is 47.3 Å². The van der Waals surface area contributed by atoms with Gasteiger partial charge in [0.25, 0.3) is 0 Å². The highest BCUT2D eigenvalue weighted by Crippen LogP contribution is 2.33. The first-order chi connectivity index (χ1) is 7.94. The normalized spacial score (nSPS) is 14.0. The van der Waals surface area contributed by atoms with Gasteiger partial charge >= 0.3 is 0 Å². The van der Waals surface area contributed by atoms with E-state index in [0.29, 0.717) is 17.3 Å². The summed E-state index contributed by atoms with van der Waals surface area (Å²) in [6.07, 6.45) is 1.72. The van der Waals surface area contributed by atoms with Gasteiger partial charge in [0.05, 0.1) is 22.5 Å². The Balaban J connectivity index is 3.01. The summed E-state index contributed by atoms with van der Waals surface area (Å²) in [5.41, 5.74) is -0.0452. The number of rotatable bonds is 6. The zero-order valence-electron chi connectivity index (χ0n) is 10.9. The van der Waals surface area contributed by atoms with Gasteiger partial charge in [0, 0.05) is 13.2 Å². The van der Waals surface area contributed by atoms with E-state index in [1.165, 1.54) is 0 Å². The van der Waals surface area contributed by atoms with Gasteiger partial charge in [-0.25, -0.2) is 0 Å². The molecule has 17 heavy (non-hydrogen) atoms. The lowest BCUT2D eigenvalue weighted by atomic mass is 9.98. The van der Waals surface area contributed by atoms with Crippen molar-refractivity contribution in [3.63, 3.8) is 0 Å². The molecule has 4 nitrogen and oxygen atoms in total. The standard InChI is InChI=1S/C12H21ClN2O2/c1-5-7-15-10(9(13)8-14-15)11(16)12(3,4)17-6-2/h8,11,16H,5-7H2,1-4H3. The van der Waals surface area contributed by atoms with E-state index in [2.05, 4.69) is 12.0 Å². The fourth-order valence-corrected chi connectivity index (χ4v) is 2.06. The molecule has 98 valence electrons. The van der Waals surface area contributed by atoms with E-state index in [9.17, 15) is 5.11 Å². The zero-order chi connectivity index (χ0) is 13.1. The van der Waals surface area contributed by atoms with Crippen LogP contribution >= 0.6 is 11.6 Å². The Kier molecular flexibility index (Phi) is 4.98. The minimum absolute atomic E-state index is 0.485. The molecule has 1 unspecified atom stereocenters. The molecule has 1 aromatic heterocycles. The van der Waals surface area contributed by atoms with E-state index in [0.717, 1.165) is 13.0 Å². The molecule has 0 saturated heterocycles. The average Bonchev–Trinajstić information content (AvgIpc) is 2.59. The number of aromatic nitrogens is 2. The van der Waals surface area contributed by atoms with Crippen LogP contribution in [0.15, 0.2) is 6.20 Å². The van der Waals surface area contributed by atoms with Crippen LogP contribution < -0.4 is 0 Å². The van der Waals surface area contributed by atoms with Crippen molar-refractivity contribution in [2.75, 3.05) is 6.61 Å². The second kappa shape index (κ2) is 5.85. The summed E-state index contributed by atoms with van der Waals surface area (Å²) in [6.45, 7) is 8.94. The van der Waals surface area contributed by atoms with E-state index in [1.807, 2.05) is 20.8 Å². The molecule has 1 N–H and O–H groups in total. The Labute approximate surface area is 108 Å². The highest BCUT2D eigenvalue weighted by atomic mass is 35.5. The monoisotopic (exact) mass is 260 g/mol. The van der Waals surface area contributed by atoms with Crippen molar-refractivity contribution >= 4 is 11.6 Å². The average molecular weight is 261 g/mol. The van der Waals surface area contributed by atoms with Gasteiger partial charge < -0.3 is 9.84 Å². The Morgan fingerprint density at radius 3 is 2.71 bits per heavy atom. The second-order valence-corrected chi connectivity index (χ2v) is 4.95. The predicted octanol–water partition coefficient (Wildman–Crippen LogP) is 2.80. The van der Waals surface area contributed by atoms with Crippen molar-refractivity contribution in [1.29, 1.82) is 0 Å². The van der Waals surface area contributed by atoms with Gasteiger partial charge in [-0.2, -0.15) is 5.10 Å². The third kappa shape index (κ3) is 3.21. The maximum atomic E-state index is 10.4. The molecule has 0 saturated carbocycles. The molecule has 1 rings (SSSR count). The van der Waals surface area contributed by atoms with Crippen LogP contribution in [-0.4, -0.2) is 27.1 Å². The molecule has 0 amide bonds. The van der Waals surface area contributed by atoms with Crippen LogP contribution in [0.5, 0.6) is 0 Å². The molecule has 0 aromatic carbocycles. The van der Waals surface area contributed by atoms with Gasteiger partial charge in [-0.3, -0.25) is 4.68 Å². The second-order valence-electron chi connectivity index (χ2n) is 4.54. The van der Waals surface area contributed by atoms with Crippen LogP contribution in [0.4, 0.5) is 0 Å². The minimum atomic E-state index is -0.788. The van der Waals surface area contributed by atoms with Crippen LogP contribution in [0.3, 0.4) is 0 Å². The summed E-state index contributed by atoms with van der Waals surface area (Å²) in [5, 5.41) is 15.0. The molecular weight excluding hydrogens is 240 g/mol. The summed E-state index contributed by atoms with van der Waals surface area (Å²) in [5.74, 6) is 0. The molecular formula is C12H21ClN2O2. The number of ether oxygens (including phenoxy) is 1. The van der Waals surface area contributed by atoms with E-state index >= 15 is 0 Å². The predicted molar refractivity (Wildman–Crippen MR) is 68.2 cm³/mol. The zero-order valence-corrected chi connectivity index (χ0v) is 11.7. The molecule has 0 radical (unpaired) electrons. The van der Waals surface area contributed by atoms with E-state index < -0.39 is 11.7 Å². The summed E-state index contributed by atoms with van der Waals surface area (Å²) >= 11 is 6.08. The van der Waals surface area contributed by atoms with Gasteiger partial charge in [-0.15, -0.1) is 0 Å². The Bertz CT molecular complexity index is 363. The van der Waals surface area contributed by atoms with Crippen molar-refractivity contribution in [1.82, 2.24) is 9.78 Å². The van der Waals surface area contributed by atoms with Crippen LogP contribution in [-0.2, 0) is 11.3 Å². The number of aliphatic hydroxyl groups is 1. The van der Waals surface area contributed by atoms with Crippen LogP contribution in [0.25, 0.3) is 0 Å². The van der Waals surface area contributed by atoms with E-state index in [4.69, 9.17) is 16.3 Å². The first-order valence-corrected chi connectivity index (χ1v) is 6.35. The first-order valence-electron chi connectivity index (χ1n) is 5.97. The number of aryl methyl sites for hydroxylation is 1. The molecule has 0 spiro atoms. The number of aliphatic hydroxyl groups excluding tert-OH is 1. The smallest absolute Gasteiger partial charge is 0.125 e. The van der Waals surface area contributed by atoms with Crippen molar-refractivity contribution in [2.24, 2.45) is 0 Å². The lowest BCUT2D eigenvalue weighted by Gasteiger charge is -2.30. The van der Waals surface area contributed by atoms with Crippen molar-refractivity contribution in [3.8, 4) is 0 Å². The Morgan fingerprint density at radius 1 is 1.53 bits per heavy atom. The quantitative estimate of drug-likeness (QED) is 0.856. The van der Waals surface area contributed by atoms with E-state index in [-0.39, 0.29) is 0 Å². The molecule has 0 aliphatic rings. The maximum absolute atomic E-state index is 10.4. The van der Waals surface area contributed by atoms with Gasteiger partial charge in [-0.05, 0) is 27.2 Å². The third-order valence-electron chi connectivity index (χ3n) is 2.70. The lowest BCUT2D eigenvalue weighted by Crippen LogP contribution is -2.34. The minimum Gasteiger partial charge on any atom is -0.384 e. The highest BCUT2D eigenvalue weighted by molar-refractivity contribution is 6.31. The number of halogens is 1. The molecule has 1 aromatic rings. The van der Waals surface area contributed by atoms with Gasteiger partial charge in [-0.1, -0.05) is 18.5 Å². The lowest BCUT2D eigenvalue weighted by molar-refractivity contribution is -0.101.